The molecule has 13 heteroatoms. The number of rotatable bonds is 8. The van der Waals surface area contributed by atoms with Crippen molar-refractivity contribution in [1.82, 2.24) is 15.1 Å². The lowest BCUT2D eigenvalue weighted by Crippen LogP contribution is -2.48. The number of hydrogen-bond acceptors (Lipinski definition) is 6. The minimum atomic E-state index is -4.43. The maximum atomic E-state index is 14.1. The number of nitrogens with one attached hydrogen (secondary N) is 2. The predicted molar refractivity (Wildman–Crippen MR) is 157 cm³/mol. The van der Waals surface area contributed by atoms with Crippen molar-refractivity contribution >= 4 is 23.5 Å². The Kier molecular flexibility index (Phi) is 14.0. The zero-order valence-corrected chi connectivity index (χ0v) is 26.0. The van der Waals surface area contributed by atoms with Crippen LogP contribution < -0.4 is 15.4 Å². The SMILES string of the molecule is CC(C)NC(=O)Nc1ccc2c(c1)C(=O)N([C@@H](C)CO)C[C@@H](C)[C@H](CN(C)C(=O)CCC(F)(F)F)OCCCC[C@H](C)O2. The lowest BCUT2D eigenvalue weighted by molar-refractivity contribution is -0.149. The molecule has 244 valence electrons. The fourth-order valence-electron chi connectivity index (χ4n) is 4.70. The van der Waals surface area contributed by atoms with E-state index < -0.39 is 49.0 Å². The number of anilines is 1. The van der Waals surface area contributed by atoms with Crippen LogP contribution in [-0.2, 0) is 9.53 Å². The van der Waals surface area contributed by atoms with Crippen molar-refractivity contribution < 1.29 is 42.1 Å². The molecule has 2 rings (SSSR count). The van der Waals surface area contributed by atoms with Gasteiger partial charge in [0.2, 0.25) is 5.91 Å². The summed E-state index contributed by atoms with van der Waals surface area (Å²) in [5.74, 6) is -1.10. The van der Waals surface area contributed by atoms with Crippen molar-refractivity contribution in [3.8, 4) is 5.75 Å². The topological polar surface area (TPSA) is 120 Å². The maximum Gasteiger partial charge on any atom is 0.389 e. The summed E-state index contributed by atoms with van der Waals surface area (Å²) in [4.78, 5) is 41.6. The quantitative estimate of drug-likeness (QED) is 0.386. The average Bonchev–Trinajstić information content (AvgIpc) is 2.92. The van der Waals surface area contributed by atoms with Crippen LogP contribution in [0.5, 0.6) is 5.75 Å². The van der Waals surface area contributed by atoms with Crippen LogP contribution in [0, 0.1) is 5.92 Å². The lowest BCUT2D eigenvalue weighted by atomic mass is 10.0. The molecule has 0 radical (unpaired) electrons. The molecule has 0 saturated heterocycles. The highest BCUT2D eigenvalue weighted by atomic mass is 19.4. The van der Waals surface area contributed by atoms with Crippen LogP contribution in [-0.4, -0.2) is 96.6 Å². The van der Waals surface area contributed by atoms with Gasteiger partial charge in [-0.25, -0.2) is 4.79 Å². The monoisotopic (exact) mass is 616 g/mol. The van der Waals surface area contributed by atoms with E-state index in [4.69, 9.17) is 9.47 Å². The second-order valence-corrected chi connectivity index (χ2v) is 11.7. The molecule has 1 aliphatic heterocycles. The standard InChI is InChI=1S/C30H47F3N4O6/c1-19(2)34-29(41)35-23-10-11-25-24(15-23)28(40)37(21(4)18-38)16-20(3)26(42-14-8-7-9-22(5)43-25)17-36(6)27(39)12-13-30(31,32)33/h10-11,15,19-22,26,38H,7-9,12-14,16-18H2,1-6H3,(H2,34,35,41)/t20-,21+,22+,26+/m1/s1. The lowest BCUT2D eigenvalue weighted by Gasteiger charge is -2.36. The number of nitrogens with zero attached hydrogens (tertiary/aromatic N) is 2. The number of likely N-dealkylation sites (N-methyl/N-ethyl adjacent to an activating group) is 1. The van der Waals surface area contributed by atoms with Crippen molar-refractivity contribution in [2.45, 2.75) is 97.2 Å². The van der Waals surface area contributed by atoms with Gasteiger partial charge in [-0.3, -0.25) is 9.59 Å². The zero-order chi connectivity index (χ0) is 32.3. The third-order valence-corrected chi connectivity index (χ3v) is 7.23. The van der Waals surface area contributed by atoms with Crippen molar-refractivity contribution in [3.05, 3.63) is 23.8 Å². The molecule has 3 N–H and O–H groups in total. The van der Waals surface area contributed by atoms with Gasteiger partial charge in [-0.05, 0) is 65.2 Å². The summed E-state index contributed by atoms with van der Waals surface area (Å²) in [6.45, 7) is 9.26. The first-order valence-corrected chi connectivity index (χ1v) is 14.8. The van der Waals surface area contributed by atoms with Crippen LogP contribution in [0.4, 0.5) is 23.7 Å². The molecule has 0 fully saturated rings. The van der Waals surface area contributed by atoms with Gasteiger partial charge in [0.05, 0.1) is 36.8 Å². The number of aliphatic hydroxyl groups is 1. The second kappa shape index (κ2) is 16.7. The molecule has 0 aromatic heterocycles. The van der Waals surface area contributed by atoms with E-state index in [1.165, 1.54) is 16.8 Å². The molecule has 1 aliphatic rings. The van der Waals surface area contributed by atoms with Gasteiger partial charge >= 0.3 is 12.2 Å². The summed E-state index contributed by atoms with van der Waals surface area (Å²) in [5, 5.41) is 15.5. The molecule has 4 atom stereocenters. The number of fused-ring (bicyclic) bond motifs is 1. The number of alkyl halides is 3. The Bertz CT molecular complexity index is 1070. The van der Waals surface area contributed by atoms with E-state index in [2.05, 4.69) is 10.6 Å². The number of hydrogen-bond donors (Lipinski definition) is 3. The fraction of sp³-hybridized carbons (Fsp3) is 0.700. The van der Waals surface area contributed by atoms with Gasteiger partial charge in [-0.2, -0.15) is 13.2 Å². The largest absolute Gasteiger partial charge is 0.490 e. The Morgan fingerprint density at radius 1 is 1.19 bits per heavy atom. The first-order chi connectivity index (χ1) is 20.1. The molecule has 4 amide bonds. The van der Waals surface area contributed by atoms with Crippen LogP contribution in [0.3, 0.4) is 0 Å². The van der Waals surface area contributed by atoms with Crippen LogP contribution in [0.25, 0.3) is 0 Å². The van der Waals surface area contributed by atoms with Gasteiger partial charge in [0.25, 0.3) is 5.91 Å². The molecule has 0 unspecified atom stereocenters. The van der Waals surface area contributed by atoms with E-state index in [-0.39, 0.29) is 43.3 Å². The third-order valence-electron chi connectivity index (χ3n) is 7.23. The summed E-state index contributed by atoms with van der Waals surface area (Å²) in [5.41, 5.74) is 0.586. The highest BCUT2D eigenvalue weighted by Gasteiger charge is 2.32. The van der Waals surface area contributed by atoms with Gasteiger partial charge in [0.15, 0.2) is 0 Å². The summed E-state index contributed by atoms with van der Waals surface area (Å²) >= 11 is 0. The number of halogens is 3. The number of amides is 4. The van der Waals surface area contributed by atoms with Crippen molar-refractivity contribution in [1.29, 1.82) is 0 Å². The van der Waals surface area contributed by atoms with Crippen LogP contribution in [0.1, 0.15) is 77.1 Å². The molecule has 0 spiro atoms. The molecule has 1 heterocycles. The number of ether oxygens (including phenoxy) is 2. The second-order valence-electron chi connectivity index (χ2n) is 11.7. The first kappa shape index (κ1) is 36.1. The molecule has 0 bridgehead atoms. The van der Waals surface area contributed by atoms with Gasteiger partial charge < -0.3 is 35.0 Å². The van der Waals surface area contributed by atoms with Gasteiger partial charge in [0.1, 0.15) is 5.75 Å². The number of carbonyl (C=O) groups is 3. The highest BCUT2D eigenvalue weighted by Crippen LogP contribution is 2.29. The van der Waals surface area contributed by atoms with Crippen LogP contribution >= 0.6 is 0 Å². The molecule has 1 aromatic rings. The highest BCUT2D eigenvalue weighted by molar-refractivity contribution is 5.99. The molecule has 1 aromatic carbocycles. The minimum absolute atomic E-state index is 0.0442. The average molecular weight is 617 g/mol. The van der Waals surface area contributed by atoms with E-state index in [0.29, 0.717) is 30.9 Å². The van der Waals surface area contributed by atoms with Gasteiger partial charge in [-0.1, -0.05) is 6.92 Å². The van der Waals surface area contributed by atoms with Gasteiger partial charge in [0, 0.05) is 50.8 Å². The van der Waals surface area contributed by atoms with Gasteiger partial charge in [-0.15, -0.1) is 0 Å². The first-order valence-electron chi connectivity index (χ1n) is 14.8. The normalized spacial score (nSPS) is 21.3. The molecule has 0 saturated carbocycles. The van der Waals surface area contributed by atoms with Crippen molar-refractivity contribution in [3.63, 3.8) is 0 Å². The number of benzene rings is 1. The van der Waals surface area contributed by atoms with E-state index in [9.17, 15) is 32.7 Å². The Hall–Kier alpha value is -3.06. The molecule has 0 aliphatic carbocycles. The molecule has 43 heavy (non-hydrogen) atoms. The molecular weight excluding hydrogens is 569 g/mol. The number of aliphatic hydroxyl groups excluding tert-OH is 1. The zero-order valence-electron chi connectivity index (χ0n) is 26.0. The Labute approximate surface area is 252 Å². The third kappa shape index (κ3) is 12.2. The predicted octanol–water partition coefficient (Wildman–Crippen LogP) is 4.81. The Morgan fingerprint density at radius 2 is 1.88 bits per heavy atom. The van der Waals surface area contributed by atoms with Crippen molar-refractivity contribution in [2.24, 2.45) is 5.92 Å². The van der Waals surface area contributed by atoms with E-state index >= 15 is 0 Å². The molecular formula is C30H47F3N4O6. The van der Waals surface area contributed by atoms with Crippen LogP contribution in [0.2, 0.25) is 0 Å². The maximum absolute atomic E-state index is 14.1. The fourth-order valence-corrected chi connectivity index (χ4v) is 4.70. The summed E-state index contributed by atoms with van der Waals surface area (Å²) in [6.07, 6.45) is -5.00. The van der Waals surface area contributed by atoms with E-state index in [1.54, 1.807) is 25.1 Å². The van der Waals surface area contributed by atoms with E-state index in [0.717, 1.165) is 6.42 Å². The minimum Gasteiger partial charge on any atom is -0.490 e. The summed E-state index contributed by atoms with van der Waals surface area (Å²) < 4.78 is 50.4. The summed E-state index contributed by atoms with van der Waals surface area (Å²) in [6, 6.07) is 3.69. The smallest absolute Gasteiger partial charge is 0.389 e. The Balaban J connectivity index is 2.40. The number of carbonyl (C=O) groups excluding carboxylic acids is 3. The summed E-state index contributed by atoms with van der Waals surface area (Å²) in [7, 11) is 1.44. The van der Waals surface area contributed by atoms with Crippen LogP contribution in [0.15, 0.2) is 18.2 Å². The number of urea groups is 1. The Morgan fingerprint density at radius 3 is 2.51 bits per heavy atom. The molecule has 10 nitrogen and oxygen atoms in total. The van der Waals surface area contributed by atoms with E-state index in [1.807, 2.05) is 27.7 Å². The van der Waals surface area contributed by atoms with Crippen molar-refractivity contribution in [2.75, 3.05) is 38.7 Å².